The molecular formula is C22H35N3O4S. The second kappa shape index (κ2) is 8.81. The van der Waals surface area contributed by atoms with E-state index in [1.165, 1.54) is 30.6 Å². The molecule has 8 heteroatoms. The van der Waals surface area contributed by atoms with Crippen molar-refractivity contribution in [1.82, 2.24) is 9.80 Å². The Labute approximate surface area is 183 Å². The maximum absolute atomic E-state index is 12.5. The van der Waals surface area contributed by atoms with E-state index in [1.807, 2.05) is 6.92 Å². The molecule has 4 rings (SSSR count). The molecule has 3 fully saturated rings. The quantitative estimate of drug-likeness (QED) is 0.521. The third-order valence-corrected chi connectivity index (χ3v) is 9.19. The molecule has 0 aromatic heterocycles. The fraction of sp³-hybridized carbons (Fsp3) is 0.818. The van der Waals surface area contributed by atoms with Gasteiger partial charge in [0.05, 0.1) is 18.1 Å². The predicted octanol–water partition coefficient (Wildman–Crippen LogP) is 1.71. The van der Waals surface area contributed by atoms with Gasteiger partial charge < -0.3 is 25.7 Å². The number of carboxylic acids is 1. The maximum atomic E-state index is 12.5. The van der Waals surface area contributed by atoms with Crippen LogP contribution in [0.2, 0.25) is 0 Å². The third kappa shape index (κ3) is 3.92. The molecule has 0 aromatic carbocycles. The Morgan fingerprint density at radius 1 is 1.23 bits per heavy atom. The second-order valence-electron chi connectivity index (χ2n) is 9.68. The highest BCUT2D eigenvalue weighted by Gasteiger charge is 2.60. The lowest BCUT2D eigenvalue weighted by Crippen LogP contribution is -2.63. The van der Waals surface area contributed by atoms with Crippen LogP contribution >= 0.6 is 11.8 Å². The summed E-state index contributed by atoms with van der Waals surface area (Å²) < 4.78 is 0. The van der Waals surface area contributed by atoms with Crippen molar-refractivity contribution in [2.24, 2.45) is 29.4 Å². The van der Waals surface area contributed by atoms with Gasteiger partial charge >= 0.3 is 5.97 Å². The van der Waals surface area contributed by atoms with Crippen LogP contribution in [0.25, 0.3) is 0 Å². The van der Waals surface area contributed by atoms with Gasteiger partial charge in [0.2, 0.25) is 5.91 Å². The number of thioether (sulfide) groups is 1. The summed E-state index contributed by atoms with van der Waals surface area (Å²) in [5.74, 6) is -0.365. The number of aliphatic carboxylic acids is 1. The number of nitrogens with two attached hydrogens (primary N) is 1. The van der Waals surface area contributed by atoms with Crippen molar-refractivity contribution >= 4 is 23.6 Å². The topological polar surface area (TPSA) is 107 Å². The largest absolute Gasteiger partial charge is 0.477 e. The van der Waals surface area contributed by atoms with E-state index in [2.05, 4.69) is 4.90 Å². The van der Waals surface area contributed by atoms with Crippen LogP contribution in [-0.4, -0.2) is 75.5 Å². The Morgan fingerprint density at radius 2 is 1.90 bits per heavy atom. The van der Waals surface area contributed by atoms with Gasteiger partial charge in [-0.25, -0.2) is 4.79 Å². The number of amides is 1. The molecule has 3 aliphatic heterocycles. The van der Waals surface area contributed by atoms with Gasteiger partial charge in [-0.2, -0.15) is 0 Å². The lowest BCUT2D eigenvalue weighted by molar-refractivity contribution is -0.163. The average Bonchev–Trinajstić information content (AvgIpc) is 3.23. The van der Waals surface area contributed by atoms with Crippen molar-refractivity contribution in [3.63, 3.8) is 0 Å². The van der Waals surface area contributed by atoms with Crippen LogP contribution in [0.3, 0.4) is 0 Å². The molecule has 168 valence electrons. The summed E-state index contributed by atoms with van der Waals surface area (Å²) >= 11 is 1.66. The van der Waals surface area contributed by atoms with Crippen LogP contribution in [-0.2, 0) is 9.59 Å². The van der Waals surface area contributed by atoms with Crippen LogP contribution in [0.5, 0.6) is 0 Å². The van der Waals surface area contributed by atoms with Gasteiger partial charge in [0.1, 0.15) is 5.70 Å². The zero-order valence-corrected chi connectivity index (χ0v) is 18.8. The highest BCUT2D eigenvalue weighted by molar-refractivity contribution is 8.03. The number of hydrogen-bond acceptors (Lipinski definition) is 6. The summed E-state index contributed by atoms with van der Waals surface area (Å²) in [6.07, 6.45) is 5.31. The van der Waals surface area contributed by atoms with E-state index in [0.717, 1.165) is 43.4 Å². The summed E-state index contributed by atoms with van der Waals surface area (Å²) in [7, 11) is 0. The zero-order valence-electron chi connectivity index (χ0n) is 18.0. The number of rotatable bonds is 7. The number of hydrogen-bond donors (Lipinski definition) is 3. The second-order valence-corrected chi connectivity index (χ2v) is 11.0. The number of fused-ring (bicyclic) bond motifs is 1. The molecule has 0 aromatic rings. The van der Waals surface area contributed by atoms with Crippen LogP contribution in [0.15, 0.2) is 10.6 Å². The van der Waals surface area contributed by atoms with Gasteiger partial charge in [-0.1, -0.05) is 6.92 Å². The SMILES string of the molecule is C[C@@H](O)[C@H]1C(=O)N2C(C(=O)O)=C(SC3CCN(CC4CCC(CN)CC4)C3)[C@H](C)[C@H]12. The first kappa shape index (κ1) is 22.1. The number of likely N-dealkylation sites (tertiary alicyclic amines) is 1. The highest BCUT2D eigenvalue weighted by Crippen LogP contribution is 2.52. The van der Waals surface area contributed by atoms with Crippen molar-refractivity contribution in [1.29, 1.82) is 0 Å². The van der Waals surface area contributed by atoms with Crippen LogP contribution < -0.4 is 5.73 Å². The lowest BCUT2D eigenvalue weighted by atomic mass is 9.79. The zero-order chi connectivity index (χ0) is 21.6. The van der Waals surface area contributed by atoms with Gasteiger partial charge in [-0.3, -0.25) is 4.79 Å². The Bertz CT molecular complexity index is 719. The minimum Gasteiger partial charge on any atom is -0.477 e. The van der Waals surface area contributed by atoms with E-state index in [0.29, 0.717) is 11.2 Å². The van der Waals surface area contributed by atoms with E-state index in [-0.39, 0.29) is 23.6 Å². The molecular weight excluding hydrogens is 402 g/mol. The van der Waals surface area contributed by atoms with E-state index in [1.54, 1.807) is 18.7 Å². The first-order valence-electron chi connectivity index (χ1n) is 11.4. The smallest absolute Gasteiger partial charge is 0.353 e. The minimum atomic E-state index is -1.03. The molecule has 1 amide bonds. The van der Waals surface area contributed by atoms with Crippen molar-refractivity contribution in [3.8, 4) is 0 Å². The Kier molecular flexibility index (Phi) is 6.49. The first-order chi connectivity index (χ1) is 14.3. The molecule has 0 bridgehead atoms. The number of carbonyl (C=O) groups excluding carboxylic acids is 1. The molecule has 3 heterocycles. The van der Waals surface area contributed by atoms with Gasteiger partial charge in [0.25, 0.3) is 0 Å². The van der Waals surface area contributed by atoms with Gasteiger partial charge in [0, 0.05) is 29.2 Å². The summed E-state index contributed by atoms with van der Waals surface area (Å²) in [4.78, 5) is 29.2. The predicted molar refractivity (Wildman–Crippen MR) is 117 cm³/mol. The summed E-state index contributed by atoms with van der Waals surface area (Å²) in [5.41, 5.74) is 5.96. The lowest BCUT2D eigenvalue weighted by Gasteiger charge is -2.46. The fourth-order valence-corrected chi connectivity index (χ4v) is 7.45. The average molecular weight is 438 g/mol. The van der Waals surface area contributed by atoms with Crippen LogP contribution in [0.1, 0.15) is 46.0 Å². The van der Waals surface area contributed by atoms with E-state index in [9.17, 15) is 19.8 Å². The minimum absolute atomic E-state index is 0.0426. The normalized spacial score (nSPS) is 38.0. The van der Waals surface area contributed by atoms with Crippen molar-refractivity contribution in [2.45, 2.75) is 63.3 Å². The van der Waals surface area contributed by atoms with Crippen molar-refractivity contribution in [3.05, 3.63) is 10.6 Å². The van der Waals surface area contributed by atoms with Gasteiger partial charge in [0.15, 0.2) is 0 Å². The Balaban J connectivity index is 1.37. The Morgan fingerprint density at radius 3 is 2.50 bits per heavy atom. The van der Waals surface area contributed by atoms with Gasteiger partial charge in [-0.05, 0) is 64.0 Å². The standard InChI is InChI=1S/C22H35N3O4S/c1-12-18-17(13(2)26)21(27)25(18)19(22(28)29)20(12)30-16-7-8-24(11-16)10-15-5-3-14(9-23)4-6-15/h12-18,26H,3-11,23H2,1-2H3,(H,28,29)/t12-,13-,14?,15?,16?,17-,18-/m1/s1. The summed E-state index contributed by atoms with van der Waals surface area (Å²) in [6, 6.07) is -0.221. The van der Waals surface area contributed by atoms with Crippen LogP contribution in [0.4, 0.5) is 0 Å². The fourth-order valence-electron chi connectivity index (χ4n) is 5.93. The first-order valence-corrected chi connectivity index (χ1v) is 12.3. The number of nitrogens with zero attached hydrogens (tertiary/aromatic N) is 2. The molecule has 1 aliphatic carbocycles. The number of aliphatic hydroxyl groups is 1. The molecule has 2 saturated heterocycles. The highest BCUT2D eigenvalue weighted by atomic mass is 32.2. The van der Waals surface area contributed by atoms with E-state index >= 15 is 0 Å². The van der Waals surface area contributed by atoms with E-state index < -0.39 is 18.0 Å². The molecule has 1 saturated carbocycles. The maximum Gasteiger partial charge on any atom is 0.353 e. The molecule has 30 heavy (non-hydrogen) atoms. The summed E-state index contributed by atoms with van der Waals surface area (Å²) in [5, 5.41) is 20.2. The number of β-lactam (4-membered cyclic amide) rings is 1. The number of carbonyl (C=O) groups is 2. The molecule has 5 atom stereocenters. The Hall–Kier alpha value is -1.09. The van der Waals surface area contributed by atoms with Crippen molar-refractivity contribution in [2.75, 3.05) is 26.2 Å². The van der Waals surface area contributed by atoms with Crippen molar-refractivity contribution < 1.29 is 19.8 Å². The third-order valence-electron chi connectivity index (χ3n) is 7.65. The summed E-state index contributed by atoms with van der Waals surface area (Å²) in [6.45, 7) is 7.59. The molecule has 7 nitrogen and oxygen atoms in total. The monoisotopic (exact) mass is 437 g/mol. The molecule has 4 aliphatic rings. The van der Waals surface area contributed by atoms with E-state index in [4.69, 9.17) is 5.73 Å². The van der Waals surface area contributed by atoms with Gasteiger partial charge in [-0.15, -0.1) is 11.8 Å². The molecule has 0 spiro atoms. The molecule has 1 unspecified atom stereocenters. The number of carboxylic acid groups (broad SMARTS) is 1. The number of aliphatic hydroxyl groups excluding tert-OH is 1. The molecule has 0 radical (unpaired) electrons. The molecule has 4 N–H and O–H groups in total. The van der Waals surface area contributed by atoms with Crippen LogP contribution in [0, 0.1) is 23.7 Å².